The second-order valence-electron chi connectivity index (χ2n) is 5.90. The van der Waals surface area contributed by atoms with E-state index in [4.69, 9.17) is 4.74 Å². The summed E-state index contributed by atoms with van der Waals surface area (Å²) in [6, 6.07) is 8.75. The van der Waals surface area contributed by atoms with Gasteiger partial charge in [0.05, 0.1) is 46.7 Å². The Bertz CT molecular complexity index is 1220. The molecule has 4 aromatic rings. The van der Waals surface area contributed by atoms with Gasteiger partial charge in [-0.25, -0.2) is 15.0 Å². The number of methoxy groups -OCH3 is 1. The van der Waals surface area contributed by atoms with E-state index < -0.39 is 5.95 Å². The number of aryl methyl sites for hydroxylation is 2. The van der Waals surface area contributed by atoms with Crippen molar-refractivity contribution >= 4 is 16.6 Å². The quantitative estimate of drug-likeness (QED) is 0.518. The van der Waals surface area contributed by atoms with E-state index in [1.165, 1.54) is 13.3 Å². The van der Waals surface area contributed by atoms with Gasteiger partial charge in [0.2, 0.25) is 5.95 Å². The zero-order chi connectivity index (χ0) is 18.4. The van der Waals surface area contributed by atoms with Crippen LogP contribution >= 0.6 is 0 Å². The highest BCUT2D eigenvalue weighted by Crippen LogP contribution is 2.33. The van der Waals surface area contributed by atoms with Crippen LogP contribution in [0.25, 0.3) is 27.9 Å². The first kappa shape index (κ1) is 16.0. The predicted molar refractivity (Wildman–Crippen MR) is 94.4 cm³/mol. The van der Waals surface area contributed by atoms with Crippen LogP contribution in [-0.4, -0.2) is 26.5 Å². The standard InChI is InChI=1S/C19H14FN5O/c1-10-17-11(2)24-19(13-5-4-6-22-18(13)20)25(17)14-7-12(9-21)8-15(26-3)16(14)23-10/h4-8H,1-3H3. The number of nitrogens with zero attached hydrogens (tertiary/aromatic N) is 5. The number of benzene rings is 1. The molecule has 0 N–H and O–H groups in total. The van der Waals surface area contributed by atoms with Crippen LogP contribution < -0.4 is 4.74 Å². The highest BCUT2D eigenvalue weighted by Gasteiger charge is 2.20. The second kappa shape index (κ2) is 5.77. The van der Waals surface area contributed by atoms with Gasteiger partial charge in [0.25, 0.3) is 0 Å². The Morgan fingerprint density at radius 1 is 1.19 bits per heavy atom. The molecule has 3 aromatic heterocycles. The van der Waals surface area contributed by atoms with E-state index in [2.05, 4.69) is 21.0 Å². The summed E-state index contributed by atoms with van der Waals surface area (Å²) in [5.41, 5.74) is 4.14. The average molecular weight is 347 g/mol. The van der Waals surface area contributed by atoms with Crippen LogP contribution in [-0.2, 0) is 0 Å². The number of imidazole rings is 1. The fraction of sp³-hybridized carbons (Fsp3) is 0.158. The molecule has 0 radical (unpaired) electrons. The van der Waals surface area contributed by atoms with Gasteiger partial charge in [0.15, 0.2) is 0 Å². The molecule has 0 saturated carbocycles. The van der Waals surface area contributed by atoms with E-state index >= 15 is 0 Å². The van der Waals surface area contributed by atoms with E-state index in [0.717, 1.165) is 16.9 Å². The van der Waals surface area contributed by atoms with Crippen molar-refractivity contribution in [2.45, 2.75) is 13.8 Å². The van der Waals surface area contributed by atoms with Gasteiger partial charge in [0, 0.05) is 12.3 Å². The van der Waals surface area contributed by atoms with E-state index in [-0.39, 0.29) is 5.56 Å². The van der Waals surface area contributed by atoms with Crippen LogP contribution in [0.4, 0.5) is 4.39 Å². The lowest BCUT2D eigenvalue weighted by Crippen LogP contribution is -2.01. The minimum Gasteiger partial charge on any atom is -0.494 e. The summed E-state index contributed by atoms with van der Waals surface area (Å²) in [6.45, 7) is 3.71. The van der Waals surface area contributed by atoms with E-state index in [1.807, 2.05) is 18.2 Å². The normalized spacial score (nSPS) is 11.0. The molecule has 4 rings (SSSR count). The van der Waals surface area contributed by atoms with Gasteiger partial charge >= 0.3 is 0 Å². The minimum absolute atomic E-state index is 0.281. The summed E-state index contributed by atoms with van der Waals surface area (Å²) in [7, 11) is 1.53. The van der Waals surface area contributed by atoms with Gasteiger partial charge < -0.3 is 4.74 Å². The fourth-order valence-electron chi connectivity index (χ4n) is 3.24. The molecule has 7 heteroatoms. The molecular weight excluding hydrogens is 333 g/mol. The van der Waals surface area contributed by atoms with Crippen molar-refractivity contribution < 1.29 is 9.13 Å². The number of pyridine rings is 1. The summed E-state index contributed by atoms with van der Waals surface area (Å²) in [5, 5.41) is 9.36. The molecular formula is C19H14FN5O. The number of hydrogen-bond acceptors (Lipinski definition) is 5. The van der Waals surface area contributed by atoms with Crippen molar-refractivity contribution in [3.63, 3.8) is 0 Å². The van der Waals surface area contributed by atoms with E-state index in [0.29, 0.717) is 28.2 Å². The van der Waals surface area contributed by atoms with E-state index in [9.17, 15) is 9.65 Å². The molecule has 0 saturated heterocycles. The lowest BCUT2D eigenvalue weighted by molar-refractivity contribution is 0.418. The minimum atomic E-state index is -0.606. The zero-order valence-electron chi connectivity index (χ0n) is 14.4. The molecule has 0 aliphatic rings. The molecule has 26 heavy (non-hydrogen) atoms. The highest BCUT2D eigenvalue weighted by molar-refractivity contribution is 5.89. The maximum absolute atomic E-state index is 14.3. The van der Waals surface area contributed by atoms with Crippen LogP contribution in [0.3, 0.4) is 0 Å². The van der Waals surface area contributed by atoms with Crippen LogP contribution in [0.2, 0.25) is 0 Å². The maximum Gasteiger partial charge on any atom is 0.223 e. The first-order chi connectivity index (χ1) is 12.5. The van der Waals surface area contributed by atoms with Crippen molar-refractivity contribution in [3.05, 3.63) is 53.4 Å². The summed E-state index contributed by atoms with van der Waals surface area (Å²) in [5.74, 6) is 0.286. The smallest absolute Gasteiger partial charge is 0.223 e. The molecule has 0 aliphatic carbocycles. The molecule has 0 amide bonds. The Hall–Kier alpha value is -3.53. The Morgan fingerprint density at radius 3 is 2.65 bits per heavy atom. The second-order valence-corrected chi connectivity index (χ2v) is 5.90. The fourth-order valence-corrected chi connectivity index (χ4v) is 3.24. The Balaban J connectivity index is 2.26. The molecule has 0 unspecified atom stereocenters. The van der Waals surface area contributed by atoms with Gasteiger partial charge in [-0.15, -0.1) is 0 Å². The van der Waals surface area contributed by atoms with Gasteiger partial charge in [0.1, 0.15) is 17.1 Å². The first-order valence-electron chi connectivity index (χ1n) is 7.93. The first-order valence-corrected chi connectivity index (χ1v) is 7.93. The zero-order valence-corrected chi connectivity index (χ0v) is 14.4. The van der Waals surface area contributed by atoms with Crippen molar-refractivity contribution in [2.24, 2.45) is 0 Å². The van der Waals surface area contributed by atoms with Crippen LogP contribution in [0.15, 0.2) is 30.5 Å². The number of hydrogen-bond donors (Lipinski definition) is 0. The SMILES string of the molecule is COc1cc(C#N)cc2c1nc(C)c1c(C)nc(-c3cccnc3F)n12. The molecule has 128 valence electrons. The summed E-state index contributed by atoms with van der Waals surface area (Å²) >= 11 is 0. The Labute approximate surface area is 148 Å². The third-order valence-corrected chi connectivity index (χ3v) is 4.32. The number of rotatable bonds is 2. The third-order valence-electron chi connectivity index (χ3n) is 4.32. The number of aromatic nitrogens is 4. The summed E-state index contributed by atoms with van der Waals surface area (Å²) in [4.78, 5) is 12.9. The van der Waals surface area contributed by atoms with Crippen LogP contribution in [0.1, 0.15) is 17.0 Å². The predicted octanol–water partition coefficient (Wildman–Crippen LogP) is 3.58. The number of halogens is 1. The lowest BCUT2D eigenvalue weighted by Gasteiger charge is -2.11. The van der Waals surface area contributed by atoms with Crippen molar-refractivity contribution in [1.29, 1.82) is 5.26 Å². The lowest BCUT2D eigenvalue weighted by atomic mass is 10.1. The molecule has 0 fully saturated rings. The van der Waals surface area contributed by atoms with Gasteiger partial charge in [-0.2, -0.15) is 9.65 Å². The molecule has 0 atom stereocenters. The molecule has 0 aliphatic heterocycles. The van der Waals surface area contributed by atoms with Crippen LogP contribution in [0.5, 0.6) is 5.75 Å². The summed E-state index contributed by atoms with van der Waals surface area (Å²) < 4.78 is 21.6. The van der Waals surface area contributed by atoms with Gasteiger partial charge in [-0.3, -0.25) is 4.40 Å². The van der Waals surface area contributed by atoms with Gasteiger partial charge in [-0.1, -0.05) is 0 Å². The van der Waals surface area contributed by atoms with Gasteiger partial charge in [-0.05, 0) is 32.0 Å². The van der Waals surface area contributed by atoms with Crippen LogP contribution in [0, 0.1) is 31.1 Å². The monoisotopic (exact) mass is 347 g/mol. The van der Waals surface area contributed by atoms with E-state index in [1.54, 1.807) is 24.3 Å². The van der Waals surface area contributed by atoms with Crippen molar-refractivity contribution in [2.75, 3.05) is 7.11 Å². The molecule has 0 spiro atoms. The topological polar surface area (TPSA) is 76.1 Å². The molecule has 1 aromatic carbocycles. The maximum atomic E-state index is 14.3. The Kier molecular flexibility index (Phi) is 3.55. The third kappa shape index (κ3) is 2.19. The largest absolute Gasteiger partial charge is 0.494 e. The number of ether oxygens (including phenoxy) is 1. The molecule has 0 bridgehead atoms. The number of nitriles is 1. The Morgan fingerprint density at radius 2 is 1.96 bits per heavy atom. The van der Waals surface area contributed by atoms with Crippen molar-refractivity contribution in [3.8, 4) is 23.2 Å². The molecule has 3 heterocycles. The average Bonchev–Trinajstić information content (AvgIpc) is 2.99. The number of fused-ring (bicyclic) bond motifs is 3. The highest BCUT2D eigenvalue weighted by atomic mass is 19.1. The van der Waals surface area contributed by atoms with Crippen molar-refractivity contribution in [1.82, 2.24) is 19.4 Å². The molecule has 6 nitrogen and oxygen atoms in total. The summed E-state index contributed by atoms with van der Waals surface area (Å²) in [6.07, 6.45) is 1.39.